The fraction of sp³-hybridized carbons (Fsp3) is 0.235. The Hall–Kier alpha value is -2.21. The van der Waals surface area contributed by atoms with Crippen LogP contribution in [0.3, 0.4) is 0 Å². The van der Waals surface area contributed by atoms with Crippen LogP contribution in [-0.4, -0.2) is 26.1 Å². The minimum Gasteiger partial charge on any atom is -0.311 e. The number of carbonyl (C=O) groups excluding carboxylic acids is 1. The summed E-state index contributed by atoms with van der Waals surface area (Å²) in [5, 5.41) is -1.28. The first-order valence-corrected chi connectivity index (χ1v) is 8.75. The molecule has 6 heteroatoms. The second-order valence-corrected chi connectivity index (χ2v) is 7.21. The van der Waals surface area contributed by atoms with Crippen LogP contribution in [0, 0.1) is 0 Å². The van der Waals surface area contributed by atoms with Crippen molar-refractivity contribution in [3.8, 4) is 0 Å². The van der Waals surface area contributed by atoms with Crippen LogP contribution in [0.25, 0.3) is 0 Å². The van der Waals surface area contributed by atoms with Crippen LogP contribution in [0.15, 0.2) is 54.6 Å². The fourth-order valence-electron chi connectivity index (χ4n) is 2.84. The monoisotopic (exact) mass is 333 g/mol. The van der Waals surface area contributed by atoms with Crippen molar-refractivity contribution in [2.24, 2.45) is 0 Å². The Morgan fingerprint density at radius 2 is 1.70 bits per heavy atom. The van der Waals surface area contributed by atoms with Crippen LogP contribution in [0.2, 0.25) is 0 Å². The van der Waals surface area contributed by atoms with Gasteiger partial charge in [-0.3, -0.25) is 4.79 Å². The molecular formula is C17H16FNO3S. The van der Waals surface area contributed by atoms with Gasteiger partial charge in [-0.25, -0.2) is 0 Å². The van der Waals surface area contributed by atoms with E-state index < -0.39 is 15.5 Å². The van der Waals surface area contributed by atoms with Gasteiger partial charge in [-0.05, 0) is 23.6 Å². The molecule has 2 aromatic rings. The van der Waals surface area contributed by atoms with Crippen molar-refractivity contribution in [1.82, 2.24) is 0 Å². The molecule has 0 aromatic heterocycles. The van der Waals surface area contributed by atoms with Gasteiger partial charge in [0.2, 0.25) is 5.91 Å². The molecule has 1 unspecified atom stereocenters. The van der Waals surface area contributed by atoms with Crippen molar-refractivity contribution >= 4 is 21.8 Å². The number of hydrogen-bond donors (Lipinski definition) is 0. The normalized spacial score (nSPS) is 18.4. The molecule has 0 spiro atoms. The molecule has 1 aliphatic rings. The van der Waals surface area contributed by atoms with E-state index in [1.807, 2.05) is 42.5 Å². The lowest BCUT2D eigenvalue weighted by Crippen LogP contribution is -2.27. The van der Waals surface area contributed by atoms with Crippen molar-refractivity contribution in [1.29, 1.82) is 0 Å². The van der Waals surface area contributed by atoms with Crippen LogP contribution in [0.1, 0.15) is 17.5 Å². The highest BCUT2D eigenvalue weighted by Gasteiger charge is 2.39. The lowest BCUT2D eigenvalue weighted by atomic mass is 10.0. The van der Waals surface area contributed by atoms with Crippen molar-refractivity contribution < 1.29 is 17.1 Å². The molecule has 23 heavy (non-hydrogen) atoms. The van der Waals surface area contributed by atoms with E-state index in [-0.39, 0.29) is 18.9 Å². The first-order chi connectivity index (χ1) is 10.9. The Labute approximate surface area is 134 Å². The summed E-state index contributed by atoms with van der Waals surface area (Å²) in [7, 11) is -4.71. The quantitative estimate of drug-likeness (QED) is 0.809. The summed E-state index contributed by atoms with van der Waals surface area (Å²) < 4.78 is 35.4. The molecule has 1 amide bonds. The molecule has 0 radical (unpaired) electrons. The lowest BCUT2D eigenvalue weighted by Gasteiger charge is -2.20. The number of amides is 1. The number of para-hydroxylation sites is 1. The molecule has 0 aliphatic carbocycles. The highest BCUT2D eigenvalue weighted by Crippen LogP contribution is 2.29. The lowest BCUT2D eigenvalue weighted by molar-refractivity contribution is -0.117. The number of anilines is 1. The Kier molecular flexibility index (Phi) is 4.17. The van der Waals surface area contributed by atoms with Crippen molar-refractivity contribution in [2.75, 3.05) is 11.4 Å². The van der Waals surface area contributed by atoms with Gasteiger partial charge in [-0.1, -0.05) is 48.5 Å². The Morgan fingerprint density at radius 1 is 1.04 bits per heavy atom. The molecular weight excluding hydrogens is 317 g/mol. The maximum absolute atomic E-state index is 13.2. The maximum atomic E-state index is 13.2. The summed E-state index contributed by atoms with van der Waals surface area (Å²) in [5.74, 6) is -0.364. The van der Waals surface area contributed by atoms with Gasteiger partial charge >= 0.3 is 10.2 Å². The van der Waals surface area contributed by atoms with Crippen LogP contribution in [-0.2, 0) is 21.4 Å². The summed E-state index contributed by atoms with van der Waals surface area (Å²) in [6, 6.07) is 17.1. The van der Waals surface area contributed by atoms with Gasteiger partial charge < -0.3 is 4.90 Å². The van der Waals surface area contributed by atoms with Gasteiger partial charge in [0.05, 0.1) is 0 Å². The summed E-state index contributed by atoms with van der Waals surface area (Å²) in [5.41, 5.74) is 2.64. The zero-order valence-electron chi connectivity index (χ0n) is 12.4. The third kappa shape index (κ3) is 3.42. The molecule has 2 aromatic carbocycles. The van der Waals surface area contributed by atoms with Crippen LogP contribution < -0.4 is 4.90 Å². The molecule has 1 heterocycles. The third-order valence-corrected chi connectivity index (χ3v) is 5.12. The predicted octanol–water partition coefficient (Wildman–Crippen LogP) is 2.68. The Balaban J connectivity index is 1.90. The molecule has 1 aliphatic heterocycles. The molecule has 0 bridgehead atoms. The zero-order chi connectivity index (χ0) is 16.4. The summed E-state index contributed by atoms with van der Waals surface area (Å²) >= 11 is 0. The van der Waals surface area contributed by atoms with Crippen LogP contribution in [0.5, 0.6) is 0 Å². The average molecular weight is 333 g/mol. The standard InChI is InChI=1S/C17H16FNO3S/c18-23(21,22)15-11-17(20)19(12-15)16-9-5-4-8-14(16)10-13-6-2-1-3-7-13/h1-9,15H,10-12H2. The maximum Gasteiger partial charge on any atom is 0.307 e. The first kappa shape index (κ1) is 15.7. The van der Waals surface area contributed by atoms with Gasteiger partial charge in [0, 0.05) is 18.7 Å². The SMILES string of the molecule is O=C1CC(S(=O)(=O)F)CN1c1ccccc1Cc1ccccc1. The molecule has 3 rings (SSSR count). The minimum absolute atomic E-state index is 0.135. The molecule has 4 nitrogen and oxygen atoms in total. The molecule has 1 fully saturated rings. The first-order valence-electron chi connectivity index (χ1n) is 7.31. The molecule has 120 valence electrons. The number of halogens is 1. The van der Waals surface area contributed by atoms with E-state index in [9.17, 15) is 17.1 Å². The number of carbonyl (C=O) groups is 1. The fourth-order valence-corrected chi connectivity index (χ4v) is 3.50. The van der Waals surface area contributed by atoms with Gasteiger partial charge in [0.15, 0.2) is 0 Å². The zero-order valence-corrected chi connectivity index (χ0v) is 13.2. The Bertz CT molecular complexity index is 821. The third-order valence-electron chi connectivity index (χ3n) is 4.01. The number of rotatable bonds is 4. The van der Waals surface area contributed by atoms with Crippen molar-refractivity contribution in [3.05, 3.63) is 65.7 Å². The van der Waals surface area contributed by atoms with E-state index in [1.165, 1.54) is 4.90 Å². The Morgan fingerprint density at radius 3 is 2.35 bits per heavy atom. The molecule has 0 N–H and O–H groups in total. The highest BCUT2D eigenvalue weighted by atomic mass is 32.3. The summed E-state index contributed by atoms with van der Waals surface area (Å²) in [4.78, 5) is 13.5. The second kappa shape index (κ2) is 6.12. The van der Waals surface area contributed by atoms with E-state index in [2.05, 4.69) is 0 Å². The number of benzene rings is 2. The number of nitrogens with zero attached hydrogens (tertiary/aromatic N) is 1. The van der Waals surface area contributed by atoms with Crippen LogP contribution >= 0.6 is 0 Å². The topological polar surface area (TPSA) is 54.5 Å². The summed E-state index contributed by atoms with van der Waals surface area (Å²) in [6.45, 7) is -0.135. The highest BCUT2D eigenvalue weighted by molar-refractivity contribution is 7.87. The molecule has 0 saturated carbocycles. The van der Waals surface area contributed by atoms with E-state index >= 15 is 0 Å². The second-order valence-electron chi connectivity index (χ2n) is 5.60. The smallest absolute Gasteiger partial charge is 0.307 e. The number of hydrogen-bond acceptors (Lipinski definition) is 3. The van der Waals surface area contributed by atoms with Gasteiger partial charge in [0.25, 0.3) is 0 Å². The van der Waals surface area contributed by atoms with E-state index in [0.717, 1.165) is 11.1 Å². The van der Waals surface area contributed by atoms with Gasteiger partial charge in [-0.2, -0.15) is 8.42 Å². The summed E-state index contributed by atoms with van der Waals surface area (Å²) in [6.07, 6.45) is 0.312. The predicted molar refractivity (Wildman–Crippen MR) is 86.5 cm³/mol. The average Bonchev–Trinajstić information content (AvgIpc) is 2.91. The van der Waals surface area contributed by atoms with E-state index in [0.29, 0.717) is 12.1 Å². The van der Waals surface area contributed by atoms with Crippen molar-refractivity contribution in [2.45, 2.75) is 18.1 Å². The van der Waals surface area contributed by atoms with Crippen LogP contribution in [0.4, 0.5) is 9.57 Å². The van der Waals surface area contributed by atoms with Gasteiger partial charge in [0.1, 0.15) is 5.25 Å². The molecule has 1 saturated heterocycles. The minimum atomic E-state index is -4.71. The van der Waals surface area contributed by atoms with Gasteiger partial charge in [-0.15, -0.1) is 3.89 Å². The van der Waals surface area contributed by atoms with E-state index in [4.69, 9.17) is 0 Å². The largest absolute Gasteiger partial charge is 0.311 e. The van der Waals surface area contributed by atoms with Crippen molar-refractivity contribution in [3.63, 3.8) is 0 Å². The van der Waals surface area contributed by atoms with E-state index in [1.54, 1.807) is 12.1 Å². The molecule has 1 atom stereocenters.